The van der Waals surface area contributed by atoms with Gasteiger partial charge < -0.3 is 0 Å². The van der Waals surface area contributed by atoms with Gasteiger partial charge in [0.15, 0.2) is 0 Å². The van der Waals surface area contributed by atoms with Crippen molar-refractivity contribution < 1.29 is 0 Å². The van der Waals surface area contributed by atoms with Gasteiger partial charge >= 0.3 is 0 Å². The topological polar surface area (TPSA) is 0 Å². The molecule has 0 amide bonds. The van der Waals surface area contributed by atoms with Crippen LogP contribution in [0.25, 0.3) is 0 Å². The molecule has 1 aromatic rings. The Kier molecular flexibility index (Phi) is 4.18. The second-order valence-corrected chi connectivity index (χ2v) is 5.41. The molecule has 0 atom stereocenters. The first-order valence-corrected chi connectivity index (χ1v) is 6.11. The van der Waals surface area contributed by atoms with E-state index in [2.05, 4.69) is 61.0 Å². The minimum atomic E-state index is 0.305. The molecule has 0 heterocycles. The summed E-state index contributed by atoms with van der Waals surface area (Å²) in [4.78, 5) is 0. The van der Waals surface area contributed by atoms with Crippen molar-refractivity contribution in [3.05, 3.63) is 34.3 Å². The van der Waals surface area contributed by atoms with Crippen LogP contribution in [0, 0.1) is 0 Å². The fourth-order valence-corrected chi connectivity index (χ4v) is 2.07. The Labute approximate surface area is 95.9 Å². The highest BCUT2D eigenvalue weighted by molar-refractivity contribution is 9.10. The second kappa shape index (κ2) is 4.97. The van der Waals surface area contributed by atoms with Crippen LogP contribution in [0.4, 0.5) is 0 Å². The zero-order valence-corrected chi connectivity index (χ0v) is 10.9. The largest absolute Gasteiger partial charge is 0.0654 e. The van der Waals surface area contributed by atoms with Gasteiger partial charge in [-0.05, 0) is 29.5 Å². The molecule has 0 radical (unpaired) electrons. The lowest BCUT2D eigenvalue weighted by Gasteiger charge is -2.25. The molecule has 0 bridgehead atoms. The third-order valence-electron chi connectivity index (χ3n) is 2.76. The van der Waals surface area contributed by atoms with E-state index in [-0.39, 0.29) is 0 Å². The summed E-state index contributed by atoms with van der Waals surface area (Å²) >= 11 is 3.52. The van der Waals surface area contributed by atoms with Gasteiger partial charge in [0.25, 0.3) is 0 Å². The van der Waals surface area contributed by atoms with Gasteiger partial charge in [0.2, 0.25) is 0 Å². The fourth-order valence-electron chi connectivity index (χ4n) is 1.67. The Balaban J connectivity index is 2.80. The van der Waals surface area contributed by atoms with Gasteiger partial charge in [-0.3, -0.25) is 0 Å². The van der Waals surface area contributed by atoms with Crippen LogP contribution < -0.4 is 0 Å². The van der Waals surface area contributed by atoms with Gasteiger partial charge in [-0.2, -0.15) is 0 Å². The van der Waals surface area contributed by atoms with E-state index >= 15 is 0 Å². The summed E-state index contributed by atoms with van der Waals surface area (Å²) in [5, 5.41) is 0. The molecule has 1 aromatic carbocycles. The molecule has 0 spiro atoms. The van der Waals surface area contributed by atoms with E-state index in [0.29, 0.717) is 5.41 Å². The fraction of sp³-hybridized carbons (Fsp3) is 0.538. The maximum absolute atomic E-state index is 3.52. The first-order valence-electron chi connectivity index (χ1n) is 5.32. The smallest absolute Gasteiger partial charge is 0.0178 e. The van der Waals surface area contributed by atoms with Gasteiger partial charge in [0.1, 0.15) is 0 Å². The highest BCUT2D eigenvalue weighted by Crippen LogP contribution is 2.30. The zero-order chi connectivity index (χ0) is 10.6. The molecule has 0 aliphatic rings. The summed E-state index contributed by atoms with van der Waals surface area (Å²) < 4.78 is 1.18. The van der Waals surface area contributed by atoms with E-state index in [1.54, 1.807) is 0 Å². The van der Waals surface area contributed by atoms with Crippen LogP contribution in [-0.4, -0.2) is 0 Å². The molecule has 0 nitrogen and oxygen atoms in total. The van der Waals surface area contributed by atoms with Crippen LogP contribution in [0.15, 0.2) is 28.7 Å². The predicted octanol–water partition coefficient (Wildman–Crippen LogP) is 4.92. The zero-order valence-electron chi connectivity index (χ0n) is 9.31. The molecule has 14 heavy (non-hydrogen) atoms. The number of rotatable bonds is 4. The molecule has 0 N–H and O–H groups in total. The summed E-state index contributed by atoms with van der Waals surface area (Å²) in [5.41, 5.74) is 1.74. The molecule has 78 valence electrons. The molecule has 0 unspecified atom stereocenters. The van der Waals surface area contributed by atoms with Gasteiger partial charge in [-0.15, -0.1) is 0 Å². The summed E-state index contributed by atoms with van der Waals surface area (Å²) in [6.45, 7) is 6.89. The Morgan fingerprint density at radius 2 is 2.00 bits per heavy atom. The van der Waals surface area contributed by atoms with Crippen molar-refractivity contribution in [2.24, 2.45) is 0 Å². The van der Waals surface area contributed by atoms with Crippen molar-refractivity contribution in [3.8, 4) is 0 Å². The van der Waals surface area contributed by atoms with E-state index in [0.717, 1.165) is 0 Å². The first-order chi connectivity index (χ1) is 6.56. The van der Waals surface area contributed by atoms with Crippen LogP contribution in [-0.2, 0) is 5.41 Å². The Morgan fingerprint density at radius 3 is 2.57 bits per heavy atom. The van der Waals surface area contributed by atoms with Crippen LogP contribution in [0.5, 0.6) is 0 Å². The molecule has 0 saturated carbocycles. The van der Waals surface area contributed by atoms with E-state index < -0.39 is 0 Å². The van der Waals surface area contributed by atoms with E-state index in [9.17, 15) is 0 Å². The molecule has 0 fully saturated rings. The number of halogens is 1. The van der Waals surface area contributed by atoms with Crippen LogP contribution in [0.1, 0.15) is 45.6 Å². The Hall–Kier alpha value is -0.300. The average Bonchev–Trinajstić information content (AvgIpc) is 2.15. The van der Waals surface area contributed by atoms with E-state index in [4.69, 9.17) is 0 Å². The lowest BCUT2D eigenvalue weighted by atomic mass is 9.80. The molecule has 1 rings (SSSR count). The maximum atomic E-state index is 3.52. The summed E-state index contributed by atoms with van der Waals surface area (Å²) in [5.74, 6) is 0. The monoisotopic (exact) mass is 254 g/mol. The Morgan fingerprint density at radius 1 is 1.29 bits per heavy atom. The number of hydrogen-bond donors (Lipinski definition) is 0. The summed E-state index contributed by atoms with van der Waals surface area (Å²) in [6.07, 6.45) is 3.84. The van der Waals surface area contributed by atoms with Crippen LogP contribution in [0.3, 0.4) is 0 Å². The lowest BCUT2D eigenvalue weighted by Crippen LogP contribution is -2.16. The molecule has 1 heteroatoms. The molecular weight excluding hydrogens is 236 g/mol. The normalized spacial score (nSPS) is 11.7. The van der Waals surface area contributed by atoms with E-state index in [1.807, 2.05) is 0 Å². The first kappa shape index (κ1) is 11.8. The summed E-state index contributed by atoms with van der Waals surface area (Å²) in [6, 6.07) is 8.66. The average molecular weight is 255 g/mol. The lowest BCUT2D eigenvalue weighted by molar-refractivity contribution is 0.457. The third-order valence-corrected chi connectivity index (χ3v) is 3.25. The van der Waals surface area contributed by atoms with Crippen molar-refractivity contribution in [1.82, 2.24) is 0 Å². The minimum absolute atomic E-state index is 0.305. The minimum Gasteiger partial charge on any atom is -0.0654 e. The van der Waals surface area contributed by atoms with Crippen molar-refractivity contribution in [2.75, 3.05) is 0 Å². The molecule has 0 saturated heterocycles. The van der Waals surface area contributed by atoms with Crippen molar-refractivity contribution >= 4 is 15.9 Å². The van der Waals surface area contributed by atoms with Crippen LogP contribution >= 0.6 is 15.9 Å². The van der Waals surface area contributed by atoms with Gasteiger partial charge in [0, 0.05) is 4.47 Å². The molecule has 0 aliphatic heterocycles. The second-order valence-electron chi connectivity index (χ2n) is 4.50. The molecule has 0 aromatic heterocycles. The highest BCUT2D eigenvalue weighted by atomic mass is 79.9. The molecule has 0 aliphatic carbocycles. The maximum Gasteiger partial charge on any atom is 0.0178 e. The van der Waals surface area contributed by atoms with Gasteiger partial charge in [0.05, 0.1) is 0 Å². The quantitative estimate of drug-likeness (QED) is 0.716. The number of unbranched alkanes of at least 4 members (excludes halogenated alkanes) is 1. The number of hydrogen-bond acceptors (Lipinski definition) is 0. The predicted molar refractivity (Wildman–Crippen MR) is 66.7 cm³/mol. The van der Waals surface area contributed by atoms with Gasteiger partial charge in [-0.25, -0.2) is 0 Å². The summed E-state index contributed by atoms with van der Waals surface area (Å²) in [7, 11) is 0. The SMILES string of the molecule is CCCCC(C)(C)c1cccc(Br)c1. The van der Waals surface area contributed by atoms with Crippen molar-refractivity contribution in [3.63, 3.8) is 0 Å². The number of benzene rings is 1. The highest BCUT2D eigenvalue weighted by Gasteiger charge is 2.19. The van der Waals surface area contributed by atoms with Crippen LogP contribution in [0.2, 0.25) is 0 Å². The molecular formula is C13H19Br. The van der Waals surface area contributed by atoms with Gasteiger partial charge in [-0.1, -0.05) is 61.7 Å². The van der Waals surface area contributed by atoms with Crippen molar-refractivity contribution in [2.45, 2.75) is 45.4 Å². The van der Waals surface area contributed by atoms with E-state index in [1.165, 1.54) is 29.3 Å². The standard InChI is InChI=1S/C13H19Br/c1-4-5-9-13(2,3)11-7-6-8-12(14)10-11/h6-8,10H,4-5,9H2,1-3H3. The Bertz CT molecular complexity index is 289. The third kappa shape index (κ3) is 3.13. The van der Waals surface area contributed by atoms with Crippen molar-refractivity contribution in [1.29, 1.82) is 0 Å².